The topological polar surface area (TPSA) is 67.2 Å². The fraction of sp³-hybridized carbons (Fsp3) is 0.524. The van der Waals surface area contributed by atoms with Crippen LogP contribution in [0.3, 0.4) is 0 Å². The quantitative estimate of drug-likeness (QED) is 0.504. The van der Waals surface area contributed by atoms with Crippen LogP contribution in [-0.2, 0) is 28.4 Å². The molecular weight excluding hydrogens is 475 g/mol. The van der Waals surface area contributed by atoms with E-state index in [1.165, 1.54) is 4.68 Å². The van der Waals surface area contributed by atoms with Crippen molar-refractivity contribution >= 4 is 32.6 Å². The molecule has 0 saturated carbocycles. The van der Waals surface area contributed by atoms with Crippen molar-refractivity contribution in [2.24, 2.45) is 0 Å². The number of aromatic nitrogens is 2. The first-order valence-corrected chi connectivity index (χ1v) is 10.6. The average Bonchev–Trinajstić information content (AvgIpc) is 2.63. The molecule has 1 saturated heterocycles. The Morgan fingerprint density at radius 3 is 2.76 bits per heavy atom. The minimum Gasteiger partial charge on any atom is -0.377 e. The van der Waals surface area contributed by atoms with Crippen LogP contribution in [0.5, 0.6) is 0 Å². The fourth-order valence-corrected chi connectivity index (χ4v) is 4.25. The van der Waals surface area contributed by atoms with E-state index in [-0.39, 0.29) is 41.0 Å². The molecule has 29 heavy (non-hydrogen) atoms. The predicted molar refractivity (Wildman–Crippen MR) is 115 cm³/mol. The van der Waals surface area contributed by atoms with Gasteiger partial charge in [0.2, 0.25) is 5.91 Å². The van der Waals surface area contributed by atoms with E-state index in [0.29, 0.717) is 5.39 Å². The Hall–Kier alpha value is -1.21. The van der Waals surface area contributed by atoms with Crippen molar-refractivity contribution in [3.8, 4) is 0 Å². The van der Waals surface area contributed by atoms with Gasteiger partial charge in [0.15, 0.2) is 0 Å². The number of halogens is 1. The molecule has 1 atom stereocenters. The van der Waals surface area contributed by atoms with Crippen molar-refractivity contribution in [3.05, 3.63) is 45.6 Å². The molecule has 2 aromatic rings. The Morgan fingerprint density at radius 2 is 2.10 bits per heavy atom. The maximum atomic E-state index is 12.9. The number of benzene rings is 1. The van der Waals surface area contributed by atoms with E-state index in [2.05, 4.69) is 45.1 Å². The van der Waals surface area contributed by atoms with Crippen molar-refractivity contribution in [2.45, 2.75) is 51.6 Å². The average molecular weight is 503 g/mol. The molecule has 1 fully saturated rings. The van der Waals surface area contributed by atoms with Gasteiger partial charge in [-0.05, 0) is 50.2 Å². The number of rotatable bonds is 5. The molecule has 1 radical (unpaired) electrons. The van der Waals surface area contributed by atoms with Gasteiger partial charge in [-0.2, -0.15) is 5.10 Å². The van der Waals surface area contributed by atoms with Gasteiger partial charge in [0.1, 0.15) is 6.54 Å². The molecule has 1 N–H and O–H groups in total. The Kier molecular flexibility index (Phi) is 8.07. The van der Waals surface area contributed by atoms with Crippen LogP contribution in [0.1, 0.15) is 45.2 Å². The Balaban J connectivity index is 0.00000300. The van der Waals surface area contributed by atoms with E-state index in [0.717, 1.165) is 48.0 Å². The minimum absolute atomic E-state index is 0. The summed E-state index contributed by atoms with van der Waals surface area (Å²) < 4.78 is 2.18. The van der Waals surface area contributed by atoms with E-state index < -0.39 is 5.54 Å². The van der Waals surface area contributed by atoms with Crippen molar-refractivity contribution in [1.29, 1.82) is 0 Å². The maximum absolute atomic E-state index is 12.9. The number of likely N-dealkylation sites (N-methyl/N-ethyl adjacent to an activating group) is 1. The molecule has 2 heterocycles. The van der Waals surface area contributed by atoms with Crippen LogP contribution >= 0.6 is 15.9 Å². The summed E-state index contributed by atoms with van der Waals surface area (Å²) >= 11 is 3.46. The first-order valence-electron chi connectivity index (χ1n) is 9.81. The molecule has 0 aliphatic carbocycles. The molecule has 6 nitrogen and oxygen atoms in total. The van der Waals surface area contributed by atoms with Crippen LogP contribution in [0, 0.1) is 6.92 Å². The zero-order valence-corrected chi connectivity index (χ0v) is 19.9. The number of fused-ring (bicyclic) bond motifs is 1. The summed E-state index contributed by atoms with van der Waals surface area (Å²) in [7, 11) is 0. The number of hydrogen-bond acceptors (Lipinski definition) is 4. The first-order chi connectivity index (χ1) is 13.2. The molecule has 3 rings (SSSR count). The summed E-state index contributed by atoms with van der Waals surface area (Å²) in [6, 6.07) is 5.53. The molecule has 1 amide bonds. The van der Waals surface area contributed by atoms with Gasteiger partial charge in [0, 0.05) is 26.9 Å². The number of carbonyl (C=O) groups is 1. The summed E-state index contributed by atoms with van der Waals surface area (Å²) in [4.78, 5) is 27.9. The van der Waals surface area contributed by atoms with Crippen LogP contribution in [-0.4, -0.2) is 45.8 Å². The van der Waals surface area contributed by atoms with Crippen molar-refractivity contribution in [1.82, 2.24) is 20.0 Å². The van der Waals surface area contributed by atoms with Crippen LogP contribution in [0.25, 0.3) is 10.8 Å². The predicted octanol–water partition coefficient (Wildman–Crippen LogP) is 3.08. The number of piperidine rings is 1. The molecule has 1 aliphatic heterocycles. The molecule has 8 heteroatoms. The molecular formula is C21H28BrMnN4O2-. The van der Waals surface area contributed by atoms with Crippen molar-refractivity contribution in [2.75, 3.05) is 19.6 Å². The second-order valence-corrected chi connectivity index (χ2v) is 8.91. The smallest absolute Gasteiger partial charge is 0.275 e. The van der Waals surface area contributed by atoms with Gasteiger partial charge >= 0.3 is 0 Å². The van der Waals surface area contributed by atoms with Gasteiger partial charge < -0.3 is 17.1 Å². The van der Waals surface area contributed by atoms with Crippen LogP contribution in [0.2, 0.25) is 0 Å². The summed E-state index contributed by atoms with van der Waals surface area (Å²) in [6.07, 6.45) is 1.83. The Bertz CT molecular complexity index is 946. The number of carbonyl (C=O) groups excluding carboxylic acids is 1. The van der Waals surface area contributed by atoms with Gasteiger partial charge in [-0.1, -0.05) is 48.7 Å². The number of hydrogen-bond donors (Lipinski definition) is 1. The molecule has 1 aliphatic rings. The fourth-order valence-electron chi connectivity index (χ4n) is 3.89. The van der Waals surface area contributed by atoms with Crippen LogP contribution in [0.15, 0.2) is 27.5 Å². The first kappa shape index (κ1) is 24.1. The van der Waals surface area contributed by atoms with E-state index in [1.807, 2.05) is 26.0 Å². The van der Waals surface area contributed by atoms with Gasteiger partial charge in [-0.25, -0.2) is 4.68 Å². The van der Waals surface area contributed by atoms with Gasteiger partial charge in [0.25, 0.3) is 5.56 Å². The third-order valence-corrected chi connectivity index (χ3v) is 5.79. The summed E-state index contributed by atoms with van der Waals surface area (Å²) in [5.41, 5.74) is 0.0409. The van der Waals surface area contributed by atoms with E-state index in [4.69, 9.17) is 0 Å². The molecule has 1 aromatic heterocycles. The molecule has 0 spiro atoms. The number of likely N-dealkylation sites (tertiary alicyclic amines) is 1. The van der Waals surface area contributed by atoms with Crippen molar-refractivity contribution < 1.29 is 21.9 Å². The Labute approximate surface area is 191 Å². The van der Waals surface area contributed by atoms with E-state index >= 15 is 0 Å². The van der Waals surface area contributed by atoms with Gasteiger partial charge in [-0.3, -0.25) is 9.59 Å². The van der Waals surface area contributed by atoms with E-state index in [9.17, 15) is 9.59 Å². The standard InChI is InChI=1S/C21H28BrN4O2.Mn/c1-5-25-10-6-9-21(4,13-25)23-18(27)12-26-20(28)16-8-7-15(22)11-17(16)19(24-26)14(2)3;/h7-8,11,14H,4-6,9-10,12-13H2,1-3H3,(H,23,27);/q-1;. The summed E-state index contributed by atoms with van der Waals surface area (Å²) in [6.45, 7) is 13.0. The second kappa shape index (κ2) is 9.73. The minimum atomic E-state index is -0.516. The summed E-state index contributed by atoms with van der Waals surface area (Å²) in [5, 5.41) is 8.96. The third kappa shape index (κ3) is 5.48. The monoisotopic (exact) mass is 502 g/mol. The third-order valence-electron chi connectivity index (χ3n) is 5.30. The number of amides is 1. The zero-order chi connectivity index (χ0) is 20.5. The van der Waals surface area contributed by atoms with E-state index in [1.54, 1.807) is 6.07 Å². The van der Waals surface area contributed by atoms with Crippen molar-refractivity contribution in [3.63, 3.8) is 0 Å². The van der Waals surface area contributed by atoms with Gasteiger partial charge in [0.05, 0.1) is 11.1 Å². The second-order valence-electron chi connectivity index (χ2n) is 7.99. The molecule has 1 aromatic carbocycles. The molecule has 1 unspecified atom stereocenters. The normalized spacial score (nSPS) is 19.9. The zero-order valence-electron chi connectivity index (χ0n) is 17.2. The van der Waals surface area contributed by atoms with Crippen LogP contribution in [0.4, 0.5) is 0 Å². The molecule has 0 bridgehead atoms. The van der Waals surface area contributed by atoms with Gasteiger partial charge in [-0.15, -0.1) is 0 Å². The maximum Gasteiger partial charge on any atom is 0.275 e. The number of nitrogens with one attached hydrogen (secondary N) is 1. The summed E-state index contributed by atoms with van der Waals surface area (Å²) in [5.74, 6) is -0.101. The number of nitrogens with zero attached hydrogens (tertiary/aromatic N) is 3. The SMILES string of the molecule is [CH2-]C1(NC(=O)Cn2nc(C(C)C)c3cc(Br)ccc3c2=O)CCCN(CC)C1.[Mn]. The Morgan fingerprint density at radius 1 is 1.38 bits per heavy atom. The molecule has 159 valence electrons. The largest absolute Gasteiger partial charge is 0.377 e. The van der Waals surface area contributed by atoms with Crippen LogP contribution < -0.4 is 10.9 Å².